The summed E-state index contributed by atoms with van der Waals surface area (Å²) in [7, 11) is 0. The predicted octanol–water partition coefficient (Wildman–Crippen LogP) is 1.70. The van der Waals surface area contributed by atoms with Crippen LogP contribution >= 0.6 is 15.9 Å². The molecule has 3 N–H and O–H groups in total. The quantitative estimate of drug-likeness (QED) is 0.890. The van der Waals surface area contributed by atoms with Gasteiger partial charge in [-0.1, -0.05) is 12.8 Å². The van der Waals surface area contributed by atoms with Crippen LogP contribution < -0.4 is 11.1 Å². The molecule has 0 radical (unpaired) electrons. The van der Waals surface area contributed by atoms with Gasteiger partial charge in [-0.05, 0) is 28.8 Å². The summed E-state index contributed by atoms with van der Waals surface area (Å²) in [5.74, 6) is 0.196. The van der Waals surface area contributed by atoms with Crippen molar-refractivity contribution in [2.75, 3.05) is 5.32 Å². The second-order valence-corrected chi connectivity index (χ2v) is 5.18. The maximum Gasteiger partial charge on any atom is 0.222 e. The molecule has 2 atom stereocenters. The van der Waals surface area contributed by atoms with E-state index in [1.165, 1.54) is 0 Å². The fourth-order valence-electron chi connectivity index (χ4n) is 2.20. The molecule has 1 aromatic heterocycles. The third-order valence-corrected chi connectivity index (χ3v) is 3.48. The van der Waals surface area contributed by atoms with Gasteiger partial charge < -0.3 is 11.1 Å². The van der Waals surface area contributed by atoms with E-state index in [2.05, 4.69) is 31.2 Å². The van der Waals surface area contributed by atoms with Crippen LogP contribution in [0.5, 0.6) is 0 Å². The summed E-state index contributed by atoms with van der Waals surface area (Å²) in [5, 5.41) is 3.20. The largest absolute Gasteiger partial charge is 0.369 e. The highest BCUT2D eigenvalue weighted by Crippen LogP contribution is 2.26. The Morgan fingerprint density at radius 1 is 1.35 bits per heavy atom. The maximum absolute atomic E-state index is 11.3. The minimum Gasteiger partial charge on any atom is -0.369 e. The highest BCUT2D eigenvalue weighted by Gasteiger charge is 2.29. The molecular weight excluding hydrogens is 284 g/mol. The number of anilines is 1. The fraction of sp³-hybridized carbons (Fsp3) is 0.545. The number of primary amides is 1. The van der Waals surface area contributed by atoms with Gasteiger partial charge in [0.15, 0.2) is 0 Å². The zero-order chi connectivity index (χ0) is 12.3. The van der Waals surface area contributed by atoms with Gasteiger partial charge in [-0.15, -0.1) is 0 Å². The van der Waals surface area contributed by atoms with Gasteiger partial charge in [0.1, 0.15) is 0 Å². The van der Waals surface area contributed by atoms with Crippen LogP contribution in [0.4, 0.5) is 5.95 Å². The highest BCUT2D eigenvalue weighted by molar-refractivity contribution is 9.10. The third-order valence-electron chi connectivity index (χ3n) is 3.07. The number of nitrogens with one attached hydrogen (secondary N) is 1. The number of carbonyl (C=O) groups is 1. The Morgan fingerprint density at radius 2 is 2.00 bits per heavy atom. The van der Waals surface area contributed by atoms with E-state index in [9.17, 15) is 4.79 Å². The van der Waals surface area contributed by atoms with Crippen molar-refractivity contribution in [1.29, 1.82) is 0 Å². The van der Waals surface area contributed by atoms with Crippen LogP contribution in [0.3, 0.4) is 0 Å². The van der Waals surface area contributed by atoms with Crippen molar-refractivity contribution < 1.29 is 4.79 Å². The molecule has 17 heavy (non-hydrogen) atoms. The second-order valence-electron chi connectivity index (χ2n) is 4.27. The molecule has 0 aromatic carbocycles. The first-order valence-electron chi connectivity index (χ1n) is 5.70. The Morgan fingerprint density at radius 3 is 2.65 bits per heavy atom. The molecule has 1 aliphatic rings. The van der Waals surface area contributed by atoms with Crippen molar-refractivity contribution in [2.45, 2.75) is 31.7 Å². The van der Waals surface area contributed by atoms with E-state index in [1.807, 2.05) is 0 Å². The molecule has 2 rings (SSSR count). The van der Waals surface area contributed by atoms with Crippen LogP contribution in [0.15, 0.2) is 16.9 Å². The van der Waals surface area contributed by atoms with Gasteiger partial charge in [-0.3, -0.25) is 4.79 Å². The van der Waals surface area contributed by atoms with E-state index in [0.29, 0.717) is 5.95 Å². The molecule has 1 heterocycles. The van der Waals surface area contributed by atoms with Crippen molar-refractivity contribution in [2.24, 2.45) is 11.7 Å². The number of nitrogens with zero attached hydrogens (tertiary/aromatic N) is 2. The van der Waals surface area contributed by atoms with Crippen LogP contribution in [-0.2, 0) is 4.79 Å². The van der Waals surface area contributed by atoms with Crippen LogP contribution in [0.25, 0.3) is 0 Å². The molecule has 1 fully saturated rings. The molecule has 0 saturated heterocycles. The first-order valence-corrected chi connectivity index (χ1v) is 6.49. The Balaban J connectivity index is 2.05. The lowest BCUT2D eigenvalue weighted by Gasteiger charge is -2.29. The summed E-state index contributed by atoms with van der Waals surface area (Å²) in [6, 6.07) is 0.0578. The molecule has 2 unspecified atom stereocenters. The van der Waals surface area contributed by atoms with Gasteiger partial charge >= 0.3 is 0 Å². The Bertz CT molecular complexity index is 395. The molecule has 92 valence electrons. The number of nitrogens with two attached hydrogens (primary N) is 1. The lowest BCUT2D eigenvalue weighted by atomic mass is 9.84. The molecule has 0 aliphatic heterocycles. The summed E-state index contributed by atoms with van der Waals surface area (Å²) in [4.78, 5) is 19.6. The van der Waals surface area contributed by atoms with E-state index in [1.54, 1.807) is 12.4 Å². The molecule has 5 nitrogen and oxygen atoms in total. The third kappa shape index (κ3) is 3.15. The lowest BCUT2D eigenvalue weighted by molar-refractivity contribution is -0.122. The smallest absolute Gasteiger partial charge is 0.222 e. The maximum atomic E-state index is 11.3. The zero-order valence-electron chi connectivity index (χ0n) is 9.40. The van der Waals surface area contributed by atoms with E-state index >= 15 is 0 Å². The Hall–Kier alpha value is -1.17. The number of hydrogen-bond donors (Lipinski definition) is 2. The van der Waals surface area contributed by atoms with Crippen LogP contribution in [0, 0.1) is 5.92 Å². The fourth-order valence-corrected chi connectivity index (χ4v) is 2.40. The molecule has 1 aromatic rings. The molecular formula is C11H15BrN4O. The number of amides is 1. The monoisotopic (exact) mass is 298 g/mol. The van der Waals surface area contributed by atoms with Crippen molar-refractivity contribution in [1.82, 2.24) is 9.97 Å². The van der Waals surface area contributed by atoms with E-state index in [-0.39, 0.29) is 17.9 Å². The van der Waals surface area contributed by atoms with Crippen LogP contribution in [0.1, 0.15) is 25.7 Å². The average molecular weight is 299 g/mol. The predicted molar refractivity (Wildman–Crippen MR) is 68.3 cm³/mol. The van der Waals surface area contributed by atoms with Crippen molar-refractivity contribution in [3.05, 3.63) is 16.9 Å². The number of hydrogen-bond acceptors (Lipinski definition) is 4. The van der Waals surface area contributed by atoms with Gasteiger partial charge in [0.2, 0.25) is 11.9 Å². The normalized spacial score (nSPS) is 24.3. The zero-order valence-corrected chi connectivity index (χ0v) is 11.0. The van der Waals surface area contributed by atoms with Gasteiger partial charge in [0.25, 0.3) is 0 Å². The molecule has 6 heteroatoms. The minimum absolute atomic E-state index is 0.0578. The summed E-state index contributed by atoms with van der Waals surface area (Å²) < 4.78 is 0.832. The summed E-state index contributed by atoms with van der Waals surface area (Å²) in [5.41, 5.74) is 5.41. The van der Waals surface area contributed by atoms with Gasteiger partial charge in [0, 0.05) is 18.4 Å². The van der Waals surface area contributed by atoms with E-state index in [4.69, 9.17) is 5.73 Å². The van der Waals surface area contributed by atoms with E-state index in [0.717, 1.165) is 30.2 Å². The van der Waals surface area contributed by atoms with Gasteiger partial charge in [-0.2, -0.15) is 0 Å². The Labute approximate surface area is 108 Å². The second kappa shape index (κ2) is 5.44. The Kier molecular flexibility index (Phi) is 3.93. The topological polar surface area (TPSA) is 80.9 Å². The van der Waals surface area contributed by atoms with Crippen molar-refractivity contribution in [3.63, 3.8) is 0 Å². The standard InChI is InChI=1S/C11H15BrN4O/c12-7-5-14-11(15-6-7)16-9-4-2-1-3-8(9)10(13)17/h5-6,8-9H,1-4H2,(H2,13,17)(H,14,15,16). The minimum atomic E-state index is -0.237. The average Bonchev–Trinajstić information content (AvgIpc) is 2.32. The number of halogens is 1. The number of aromatic nitrogens is 2. The first kappa shape index (κ1) is 12.3. The van der Waals surface area contributed by atoms with Crippen LogP contribution in [-0.4, -0.2) is 21.9 Å². The molecule has 1 amide bonds. The SMILES string of the molecule is NC(=O)C1CCCCC1Nc1ncc(Br)cn1. The summed E-state index contributed by atoms with van der Waals surface area (Å²) in [6.07, 6.45) is 7.32. The first-order chi connectivity index (χ1) is 8.16. The van der Waals surface area contributed by atoms with Crippen molar-refractivity contribution in [3.8, 4) is 0 Å². The van der Waals surface area contributed by atoms with Gasteiger partial charge in [-0.25, -0.2) is 9.97 Å². The van der Waals surface area contributed by atoms with Crippen LogP contribution in [0.2, 0.25) is 0 Å². The highest BCUT2D eigenvalue weighted by atomic mass is 79.9. The number of rotatable bonds is 3. The van der Waals surface area contributed by atoms with Gasteiger partial charge in [0.05, 0.1) is 10.4 Å². The molecule has 0 spiro atoms. The molecule has 0 bridgehead atoms. The summed E-state index contributed by atoms with van der Waals surface area (Å²) in [6.45, 7) is 0. The lowest BCUT2D eigenvalue weighted by Crippen LogP contribution is -2.40. The van der Waals surface area contributed by atoms with E-state index < -0.39 is 0 Å². The number of carbonyl (C=O) groups excluding carboxylic acids is 1. The molecule has 1 aliphatic carbocycles. The van der Waals surface area contributed by atoms with Crippen molar-refractivity contribution >= 4 is 27.8 Å². The molecule has 1 saturated carbocycles. The summed E-state index contributed by atoms with van der Waals surface area (Å²) >= 11 is 3.28.